The molecule has 1 aromatic heterocycles. The molecule has 4 rings (SSSR count). The number of carbonyl (C=O) groups is 1. The lowest BCUT2D eigenvalue weighted by molar-refractivity contribution is -0.117. The Hall–Kier alpha value is -2.67. The molecule has 1 amide bonds. The Morgan fingerprint density at radius 1 is 1.27 bits per heavy atom. The summed E-state index contributed by atoms with van der Waals surface area (Å²) in [6.07, 6.45) is 1.73. The molecule has 0 radical (unpaired) electrons. The van der Waals surface area contributed by atoms with Crippen molar-refractivity contribution in [1.82, 2.24) is 14.8 Å². The molecule has 6 nitrogen and oxygen atoms in total. The van der Waals surface area contributed by atoms with E-state index in [0.29, 0.717) is 12.6 Å². The minimum atomic E-state index is -0.258. The SMILES string of the molecule is Cc1ccc(COc2ccc(Br)cc2C2CC(=O)Nc3ncnn32)cc1. The van der Waals surface area contributed by atoms with Crippen LogP contribution in [0.1, 0.15) is 29.2 Å². The van der Waals surface area contributed by atoms with Crippen LogP contribution in [0.3, 0.4) is 0 Å². The van der Waals surface area contributed by atoms with Gasteiger partial charge in [0.25, 0.3) is 0 Å². The third kappa shape index (κ3) is 3.35. The van der Waals surface area contributed by atoms with Crippen molar-refractivity contribution in [3.05, 3.63) is 70.0 Å². The van der Waals surface area contributed by atoms with E-state index >= 15 is 0 Å². The van der Waals surface area contributed by atoms with E-state index < -0.39 is 0 Å². The lowest BCUT2D eigenvalue weighted by Crippen LogP contribution is -2.29. The number of anilines is 1. The Morgan fingerprint density at radius 2 is 2.08 bits per heavy atom. The minimum Gasteiger partial charge on any atom is -0.489 e. The number of carbonyl (C=O) groups excluding carboxylic acids is 1. The highest BCUT2D eigenvalue weighted by molar-refractivity contribution is 9.10. The molecular formula is C19H17BrN4O2. The molecule has 0 saturated heterocycles. The van der Waals surface area contributed by atoms with Gasteiger partial charge in [0.15, 0.2) is 0 Å². The summed E-state index contributed by atoms with van der Waals surface area (Å²) in [4.78, 5) is 16.2. The number of hydrogen-bond acceptors (Lipinski definition) is 4. The Balaban J connectivity index is 1.65. The van der Waals surface area contributed by atoms with Crippen LogP contribution in [0.2, 0.25) is 0 Å². The second-order valence-electron chi connectivity index (χ2n) is 6.25. The number of halogens is 1. The topological polar surface area (TPSA) is 69.0 Å². The van der Waals surface area contributed by atoms with Crippen LogP contribution in [0.15, 0.2) is 53.3 Å². The smallest absolute Gasteiger partial charge is 0.229 e. The standard InChI is InChI=1S/C19H17BrN4O2/c1-12-2-4-13(5-3-12)10-26-17-7-6-14(20)8-15(17)16-9-18(25)23-19-21-11-22-24(16)19/h2-8,11,16H,9-10H2,1H3,(H,21,22,23,25). The zero-order valence-corrected chi connectivity index (χ0v) is 15.7. The van der Waals surface area contributed by atoms with Crippen LogP contribution in [0, 0.1) is 6.92 Å². The first kappa shape index (κ1) is 16.8. The van der Waals surface area contributed by atoms with Gasteiger partial charge in [-0.15, -0.1) is 0 Å². The number of nitrogens with zero attached hydrogens (tertiary/aromatic N) is 3. The zero-order chi connectivity index (χ0) is 18.1. The summed E-state index contributed by atoms with van der Waals surface area (Å²) in [5.74, 6) is 1.10. The summed E-state index contributed by atoms with van der Waals surface area (Å²) >= 11 is 3.51. The van der Waals surface area contributed by atoms with Crippen LogP contribution < -0.4 is 10.1 Å². The highest BCUT2D eigenvalue weighted by Crippen LogP contribution is 2.36. The largest absolute Gasteiger partial charge is 0.489 e. The van der Waals surface area contributed by atoms with Crippen molar-refractivity contribution >= 4 is 27.8 Å². The molecule has 26 heavy (non-hydrogen) atoms. The number of ether oxygens (including phenoxy) is 1. The first-order valence-corrected chi connectivity index (χ1v) is 9.06. The van der Waals surface area contributed by atoms with Gasteiger partial charge < -0.3 is 4.74 Å². The molecule has 1 unspecified atom stereocenters. The van der Waals surface area contributed by atoms with Crippen LogP contribution in [-0.2, 0) is 11.4 Å². The van der Waals surface area contributed by atoms with E-state index in [2.05, 4.69) is 62.5 Å². The van der Waals surface area contributed by atoms with Gasteiger partial charge in [0, 0.05) is 10.0 Å². The second-order valence-corrected chi connectivity index (χ2v) is 7.17. The Labute approximate surface area is 159 Å². The highest BCUT2D eigenvalue weighted by Gasteiger charge is 2.30. The molecule has 7 heteroatoms. The number of hydrogen-bond donors (Lipinski definition) is 1. The second kappa shape index (κ2) is 6.92. The average molecular weight is 413 g/mol. The molecule has 1 N–H and O–H groups in total. The minimum absolute atomic E-state index is 0.0834. The van der Waals surface area contributed by atoms with Crippen LogP contribution in [0.5, 0.6) is 5.75 Å². The van der Waals surface area contributed by atoms with E-state index in [9.17, 15) is 4.79 Å². The summed E-state index contributed by atoms with van der Waals surface area (Å²) in [7, 11) is 0. The monoisotopic (exact) mass is 412 g/mol. The number of fused-ring (bicyclic) bond motifs is 1. The van der Waals surface area contributed by atoms with Crippen LogP contribution in [0.4, 0.5) is 5.95 Å². The molecule has 1 aliphatic rings. The van der Waals surface area contributed by atoms with Gasteiger partial charge in [0.2, 0.25) is 11.9 Å². The number of aromatic nitrogens is 3. The molecule has 132 valence electrons. The molecule has 1 aliphatic heterocycles. The predicted molar refractivity (Wildman–Crippen MR) is 101 cm³/mol. The van der Waals surface area contributed by atoms with Crippen LogP contribution in [0.25, 0.3) is 0 Å². The normalized spacial score (nSPS) is 16.1. The van der Waals surface area contributed by atoms with E-state index in [-0.39, 0.29) is 18.4 Å². The predicted octanol–water partition coefficient (Wildman–Crippen LogP) is 3.86. The van der Waals surface area contributed by atoms with Crippen molar-refractivity contribution in [3.8, 4) is 5.75 Å². The first-order chi connectivity index (χ1) is 12.6. The molecule has 2 aromatic carbocycles. The van der Waals surface area contributed by atoms with E-state index in [0.717, 1.165) is 21.3 Å². The summed E-state index contributed by atoms with van der Waals surface area (Å²) in [5, 5.41) is 7.00. The summed E-state index contributed by atoms with van der Waals surface area (Å²) in [5.41, 5.74) is 3.20. The van der Waals surface area contributed by atoms with Gasteiger partial charge in [0.05, 0.1) is 12.5 Å². The molecule has 0 saturated carbocycles. The summed E-state index contributed by atoms with van der Waals surface area (Å²) < 4.78 is 8.73. The lowest BCUT2D eigenvalue weighted by Gasteiger charge is -2.25. The Bertz CT molecular complexity index is 952. The zero-order valence-electron chi connectivity index (χ0n) is 14.1. The lowest BCUT2D eigenvalue weighted by atomic mass is 10.0. The van der Waals surface area contributed by atoms with Crippen molar-refractivity contribution in [1.29, 1.82) is 0 Å². The molecule has 1 atom stereocenters. The molecule has 0 fully saturated rings. The fraction of sp³-hybridized carbons (Fsp3) is 0.211. The number of benzene rings is 2. The Morgan fingerprint density at radius 3 is 2.88 bits per heavy atom. The molecular weight excluding hydrogens is 396 g/mol. The maximum absolute atomic E-state index is 12.1. The van der Waals surface area contributed by atoms with Gasteiger partial charge in [-0.25, -0.2) is 4.68 Å². The molecule has 2 heterocycles. The Kier molecular flexibility index (Phi) is 4.46. The highest BCUT2D eigenvalue weighted by atomic mass is 79.9. The summed E-state index contributed by atoms with van der Waals surface area (Å²) in [6, 6.07) is 13.8. The first-order valence-electron chi connectivity index (χ1n) is 8.27. The number of rotatable bonds is 4. The van der Waals surface area contributed by atoms with Crippen molar-refractivity contribution in [3.63, 3.8) is 0 Å². The van der Waals surface area contributed by atoms with Crippen molar-refractivity contribution in [2.24, 2.45) is 0 Å². The molecule has 3 aromatic rings. The van der Waals surface area contributed by atoms with Crippen molar-refractivity contribution in [2.45, 2.75) is 26.0 Å². The van der Waals surface area contributed by atoms with Gasteiger partial charge in [-0.05, 0) is 30.7 Å². The molecule has 0 spiro atoms. The van der Waals surface area contributed by atoms with E-state index in [4.69, 9.17) is 4.74 Å². The van der Waals surface area contributed by atoms with Crippen molar-refractivity contribution < 1.29 is 9.53 Å². The van der Waals surface area contributed by atoms with E-state index in [1.807, 2.05) is 18.2 Å². The maximum atomic E-state index is 12.1. The summed E-state index contributed by atoms with van der Waals surface area (Å²) in [6.45, 7) is 2.51. The third-order valence-corrected chi connectivity index (χ3v) is 4.84. The van der Waals surface area contributed by atoms with Gasteiger partial charge in [-0.1, -0.05) is 45.8 Å². The number of nitrogens with one attached hydrogen (secondary N) is 1. The third-order valence-electron chi connectivity index (χ3n) is 4.34. The van der Waals surface area contributed by atoms with Gasteiger partial charge in [0.1, 0.15) is 18.7 Å². The van der Waals surface area contributed by atoms with Gasteiger partial charge >= 0.3 is 0 Å². The quantitative estimate of drug-likeness (QED) is 0.706. The van der Waals surface area contributed by atoms with Crippen LogP contribution >= 0.6 is 15.9 Å². The molecule has 0 bridgehead atoms. The van der Waals surface area contributed by atoms with Gasteiger partial charge in [-0.3, -0.25) is 10.1 Å². The fourth-order valence-corrected chi connectivity index (χ4v) is 3.38. The van der Waals surface area contributed by atoms with Crippen molar-refractivity contribution in [2.75, 3.05) is 5.32 Å². The number of amides is 1. The molecule has 0 aliphatic carbocycles. The van der Waals surface area contributed by atoms with E-state index in [1.54, 1.807) is 4.68 Å². The van der Waals surface area contributed by atoms with Crippen LogP contribution in [-0.4, -0.2) is 20.7 Å². The van der Waals surface area contributed by atoms with Gasteiger partial charge in [-0.2, -0.15) is 10.1 Å². The number of aryl methyl sites for hydroxylation is 1. The average Bonchev–Trinajstić information content (AvgIpc) is 3.09. The fourth-order valence-electron chi connectivity index (χ4n) is 3.00. The maximum Gasteiger partial charge on any atom is 0.229 e. The van der Waals surface area contributed by atoms with E-state index in [1.165, 1.54) is 11.9 Å².